The first-order valence-corrected chi connectivity index (χ1v) is 22.3. The molecule has 1 aliphatic rings. The molecule has 0 saturated carbocycles. The molecule has 0 amide bonds. The second-order valence-electron chi connectivity index (χ2n) is 17.5. The van der Waals surface area contributed by atoms with Gasteiger partial charge in [-0.15, -0.1) is 11.3 Å². The van der Waals surface area contributed by atoms with E-state index in [1.54, 1.807) is 0 Å². The minimum Gasteiger partial charge on any atom is -0.135 e. The molecule has 1 aliphatic carbocycles. The van der Waals surface area contributed by atoms with Crippen molar-refractivity contribution in [2.24, 2.45) is 0 Å². The Morgan fingerprint density at radius 1 is 0.311 bits per heavy atom. The number of fused-ring (bicyclic) bond motifs is 8. The van der Waals surface area contributed by atoms with Crippen LogP contribution in [0, 0.1) is 41.5 Å². The predicted octanol–water partition coefficient (Wildman–Crippen LogP) is 17.7. The molecule has 0 spiro atoms. The number of thiophene rings is 1. The maximum atomic E-state index is 2.46. The zero-order chi connectivity index (χ0) is 41.3. The number of hydrogen-bond acceptors (Lipinski definition) is 1. The van der Waals surface area contributed by atoms with E-state index >= 15 is 0 Å². The smallest absolute Gasteiger partial charge is 0.0434 e. The molecule has 12 rings (SSSR count). The molecule has 0 N–H and O–H groups in total. The van der Waals surface area contributed by atoms with E-state index in [1.807, 2.05) is 11.3 Å². The summed E-state index contributed by atoms with van der Waals surface area (Å²) in [4.78, 5) is 0. The van der Waals surface area contributed by atoms with Crippen molar-refractivity contribution in [3.63, 3.8) is 0 Å². The van der Waals surface area contributed by atoms with Gasteiger partial charge in [0.25, 0.3) is 0 Å². The molecule has 290 valence electrons. The molecule has 10 aromatic carbocycles. The summed E-state index contributed by atoms with van der Waals surface area (Å²) >= 11 is 1.93. The number of benzene rings is 10. The third-order valence-corrected chi connectivity index (χ3v) is 14.7. The number of hydrogen-bond donors (Lipinski definition) is 0. The van der Waals surface area contributed by atoms with Crippen molar-refractivity contribution in [3.8, 4) is 66.8 Å². The standard InChI is InChI=1S/C60H44S/c1-33-25-35(3)53(36(4)26-33)56-45-19-12-13-20-46(45)57(54-37(5)27-34(2)28-38(54)6)59-48-24-23-43(44-21-14-22-47(55(44)48)58(56)59)50-30-42(39-15-8-7-9-16-39)31-51-49-29-40-17-10-11-18-41(40)32-52(49)61-60(50)51/h7-32H,1-6H3. The van der Waals surface area contributed by atoms with Crippen LogP contribution in [0.1, 0.15) is 33.4 Å². The molecule has 0 fully saturated rings. The molecule has 0 nitrogen and oxygen atoms in total. The largest absolute Gasteiger partial charge is 0.135 e. The molecule has 0 saturated heterocycles. The molecule has 0 atom stereocenters. The topological polar surface area (TPSA) is 0 Å². The van der Waals surface area contributed by atoms with Crippen molar-refractivity contribution in [2.45, 2.75) is 41.5 Å². The van der Waals surface area contributed by atoms with Crippen LogP contribution < -0.4 is 0 Å². The lowest BCUT2D eigenvalue weighted by atomic mass is 9.79. The zero-order valence-electron chi connectivity index (χ0n) is 35.4. The molecule has 1 heteroatoms. The Kier molecular flexibility index (Phi) is 7.90. The Hall–Kier alpha value is -6.80. The lowest BCUT2D eigenvalue weighted by Crippen LogP contribution is -1.99. The van der Waals surface area contributed by atoms with Gasteiger partial charge in [-0.25, -0.2) is 0 Å². The van der Waals surface area contributed by atoms with Gasteiger partial charge in [-0.05, 0) is 182 Å². The fourth-order valence-electron chi connectivity index (χ4n) is 11.3. The van der Waals surface area contributed by atoms with E-state index in [0.717, 1.165) is 0 Å². The molecule has 0 unspecified atom stereocenters. The molecular weight excluding hydrogens is 753 g/mol. The molecular formula is C60H44S. The average molecular weight is 797 g/mol. The van der Waals surface area contributed by atoms with Crippen molar-refractivity contribution in [1.82, 2.24) is 0 Å². The molecule has 0 aliphatic heterocycles. The average Bonchev–Trinajstić information content (AvgIpc) is 3.79. The first-order chi connectivity index (χ1) is 29.7. The first kappa shape index (κ1) is 36.1. The maximum absolute atomic E-state index is 2.46. The van der Waals surface area contributed by atoms with Crippen LogP contribution in [0.25, 0.3) is 119 Å². The van der Waals surface area contributed by atoms with Crippen LogP contribution in [0.15, 0.2) is 158 Å². The quantitative estimate of drug-likeness (QED) is 0.166. The van der Waals surface area contributed by atoms with E-state index < -0.39 is 0 Å². The summed E-state index contributed by atoms with van der Waals surface area (Å²) in [6.45, 7) is 13.7. The summed E-state index contributed by atoms with van der Waals surface area (Å²) in [5.74, 6) is 0. The van der Waals surface area contributed by atoms with Crippen LogP contribution in [0.2, 0.25) is 0 Å². The fourth-order valence-corrected chi connectivity index (χ4v) is 12.5. The van der Waals surface area contributed by atoms with Crippen LogP contribution in [0.4, 0.5) is 0 Å². The summed E-state index contributed by atoms with van der Waals surface area (Å²) in [6, 6.07) is 60.1. The van der Waals surface area contributed by atoms with Crippen LogP contribution in [-0.2, 0) is 0 Å². The first-order valence-electron chi connectivity index (χ1n) is 21.5. The molecule has 11 aromatic rings. The van der Waals surface area contributed by atoms with Gasteiger partial charge < -0.3 is 0 Å². The van der Waals surface area contributed by atoms with Gasteiger partial charge in [-0.2, -0.15) is 0 Å². The van der Waals surface area contributed by atoms with Gasteiger partial charge >= 0.3 is 0 Å². The molecule has 1 aromatic heterocycles. The lowest BCUT2D eigenvalue weighted by molar-refractivity contribution is 1.32. The van der Waals surface area contributed by atoms with E-state index in [1.165, 1.54) is 153 Å². The minimum absolute atomic E-state index is 1.23. The number of aryl methyl sites for hydroxylation is 6. The van der Waals surface area contributed by atoms with Crippen LogP contribution in [0.3, 0.4) is 0 Å². The van der Waals surface area contributed by atoms with Crippen LogP contribution in [-0.4, -0.2) is 0 Å². The van der Waals surface area contributed by atoms with Crippen molar-refractivity contribution in [3.05, 3.63) is 191 Å². The van der Waals surface area contributed by atoms with Gasteiger partial charge in [0.2, 0.25) is 0 Å². The van der Waals surface area contributed by atoms with Crippen molar-refractivity contribution < 1.29 is 0 Å². The van der Waals surface area contributed by atoms with Gasteiger partial charge in [0, 0.05) is 25.7 Å². The maximum Gasteiger partial charge on any atom is 0.0434 e. The zero-order valence-corrected chi connectivity index (χ0v) is 36.2. The normalized spacial score (nSPS) is 12.1. The van der Waals surface area contributed by atoms with Crippen LogP contribution in [0.5, 0.6) is 0 Å². The summed E-state index contributed by atoms with van der Waals surface area (Å²) < 4.78 is 2.66. The third-order valence-electron chi connectivity index (χ3n) is 13.5. The third kappa shape index (κ3) is 5.30. The highest BCUT2D eigenvalue weighted by Gasteiger charge is 2.33. The molecule has 1 heterocycles. The minimum atomic E-state index is 1.23. The lowest BCUT2D eigenvalue weighted by Gasteiger charge is -2.24. The van der Waals surface area contributed by atoms with Crippen molar-refractivity contribution in [2.75, 3.05) is 0 Å². The monoisotopic (exact) mass is 796 g/mol. The molecule has 0 bridgehead atoms. The molecule has 0 radical (unpaired) electrons. The van der Waals surface area contributed by atoms with Gasteiger partial charge in [-0.3, -0.25) is 0 Å². The predicted molar refractivity (Wildman–Crippen MR) is 266 cm³/mol. The highest BCUT2D eigenvalue weighted by molar-refractivity contribution is 7.26. The highest BCUT2D eigenvalue weighted by Crippen LogP contribution is 2.60. The Morgan fingerprint density at radius 2 is 0.836 bits per heavy atom. The van der Waals surface area contributed by atoms with Crippen LogP contribution >= 0.6 is 11.3 Å². The van der Waals surface area contributed by atoms with Crippen molar-refractivity contribution >= 4 is 63.8 Å². The van der Waals surface area contributed by atoms with Gasteiger partial charge in [-0.1, -0.05) is 145 Å². The Bertz CT molecular complexity index is 3530. The fraction of sp³-hybridized carbons (Fsp3) is 0.100. The Balaban J connectivity index is 1.23. The Labute approximate surface area is 361 Å². The summed E-state index contributed by atoms with van der Waals surface area (Å²) in [6.07, 6.45) is 0. The molecule has 61 heavy (non-hydrogen) atoms. The second kappa shape index (κ2) is 13.4. The summed E-state index contributed by atoms with van der Waals surface area (Å²) in [5.41, 5.74) is 23.7. The second-order valence-corrected chi connectivity index (χ2v) is 18.6. The van der Waals surface area contributed by atoms with Gasteiger partial charge in [0.1, 0.15) is 0 Å². The SMILES string of the molecule is Cc1cc(C)c(-c2c3c(c(-c4c(C)cc(C)cc4C)c4ccccc24)-c2ccc(-c4cc(-c5ccccc5)cc5c4sc4cc6ccccc6cc45)c4cccc-3c24)c(C)c1. The summed E-state index contributed by atoms with van der Waals surface area (Å²) in [7, 11) is 0. The van der Waals surface area contributed by atoms with Crippen molar-refractivity contribution in [1.29, 1.82) is 0 Å². The highest BCUT2D eigenvalue weighted by atomic mass is 32.1. The van der Waals surface area contributed by atoms with E-state index in [2.05, 4.69) is 199 Å². The van der Waals surface area contributed by atoms with Gasteiger partial charge in [0.15, 0.2) is 0 Å². The number of rotatable bonds is 4. The van der Waals surface area contributed by atoms with E-state index in [9.17, 15) is 0 Å². The van der Waals surface area contributed by atoms with E-state index in [4.69, 9.17) is 0 Å². The summed E-state index contributed by atoms with van der Waals surface area (Å²) in [5, 5.41) is 10.5. The Morgan fingerprint density at radius 3 is 1.46 bits per heavy atom. The van der Waals surface area contributed by atoms with E-state index in [-0.39, 0.29) is 0 Å². The van der Waals surface area contributed by atoms with E-state index in [0.29, 0.717) is 0 Å². The van der Waals surface area contributed by atoms with Gasteiger partial charge in [0.05, 0.1) is 0 Å².